The number of aromatic amines is 1. The van der Waals surface area contributed by atoms with Crippen molar-refractivity contribution in [3.63, 3.8) is 0 Å². The van der Waals surface area contributed by atoms with Crippen LogP contribution in [0.25, 0.3) is 0 Å². The molecule has 0 saturated carbocycles. The molecule has 1 amide bonds. The van der Waals surface area contributed by atoms with Crippen molar-refractivity contribution in [2.75, 3.05) is 13.7 Å². The van der Waals surface area contributed by atoms with E-state index in [1.54, 1.807) is 12.1 Å². The molecule has 0 bridgehead atoms. The molecule has 36 heavy (non-hydrogen) atoms. The predicted molar refractivity (Wildman–Crippen MR) is 130 cm³/mol. The van der Waals surface area contributed by atoms with Gasteiger partial charge in [-0.2, -0.15) is 5.16 Å². The number of nitrogens with zero attached hydrogens (tertiary/aromatic N) is 2. The summed E-state index contributed by atoms with van der Waals surface area (Å²) in [5, 5.41) is 2.18. The molecule has 4 rings (SSSR count). The predicted octanol–water partition coefficient (Wildman–Crippen LogP) is 3.14. The Bertz CT molecular complexity index is 1360. The highest BCUT2D eigenvalue weighted by molar-refractivity contribution is 6.89. The zero-order valence-corrected chi connectivity index (χ0v) is 21.5. The normalized spacial score (nSPS) is 15.5. The average molecular weight is 516 g/mol. The first kappa shape index (κ1) is 25.5. The Hall–Kier alpha value is -3.60. The number of carbonyl (C=O) groups excluding carboxylic acids is 2. The number of hydrogen-bond donors (Lipinski definition) is 1. The van der Waals surface area contributed by atoms with E-state index in [0.717, 1.165) is 6.07 Å². The number of benzene rings is 1. The van der Waals surface area contributed by atoms with Gasteiger partial charge < -0.3 is 14.2 Å². The lowest BCUT2D eigenvalue weighted by molar-refractivity contribution is -0.123. The molecule has 0 spiro atoms. The summed E-state index contributed by atoms with van der Waals surface area (Å²) in [6.45, 7) is 5.81. The van der Waals surface area contributed by atoms with E-state index in [0.29, 0.717) is 29.6 Å². The Morgan fingerprint density at radius 1 is 1.22 bits per heavy atom. The number of fused-ring (bicyclic) bond motifs is 1. The molecule has 1 aliphatic heterocycles. The van der Waals surface area contributed by atoms with Crippen LogP contribution in [0.5, 0.6) is 5.88 Å². The van der Waals surface area contributed by atoms with Gasteiger partial charge in [-0.05, 0) is 23.8 Å². The lowest BCUT2D eigenvalue weighted by atomic mass is 9.90. The van der Waals surface area contributed by atoms with E-state index in [2.05, 4.69) is 10.1 Å². The van der Waals surface area contributed by atoms with Crippen molar-refractivity contribution in [3.05, 3.63) is 74.9 Å². The number of amides is 1. The van der Waals surface area contributed by atoms with Crippen LogP contribution in [0.1, 0.15) is 40.3 Å². The number of ketones is 1. The third-order valence-corrected chi connectivity index (χ3v) is 10.3. The quantitative estimate of drug-likeness (QED) is 0.485. The fraction of sp³-hybridized carbons (Fsp3) is 0.360. The number of carbonyl (C=O) groups is 2. The van der Waals surface area contributed by atoms with Crippen LogP contribution in [0.15, 0.2) is 39.6 Å². The Balaban J connectivity index is 1.72. The van der Waals surface area contributed by atoms with E-state index in [9.17, 15) is 23.2 Å². The van der Waals surface area contributed by atoms with Crippen molar-refractivity contribution in [3.8, 4) is 5.88 Å². The topological polar surface area (TPSA) is 105 Å². The molecule has 0 aliphatic carbocycles. The first-order chi connectivity index (χ1) is 17.1. The van der Waals surface area contributed by atoms with Crippen molar-refractivity contribution in [2.24, 2.45) is 0 Å². The third-order valence-electron chi connectivity index (χ3n) is 6.73. The van der Waals surface area contributed by atoms with Gasteiger partial charge in [0, 0.05) is 36.2 Å². The lowest BCUT2D eigenvalue weighted by Gasteiger charge is -2.35. The van der Waals surface area contributed by atoms with Gasteiger partial charge in [-0.25, -0.2) is 13.8 Å². The Kier molecular flexibility index (Phi) is 6.94. The number of hydrogen-bond acceptors (Lipinski definition) is 6. The second-order valence-corrected chi connectivity index (χ2v) is 14.4. The van der Waals surface area contributed by atoms with E-state index in [-0.39, 0.29) is 29.5 Å². The summed E-state index contributed by atoms with van der Waals surface area (Å²) in [6.07, 6.45) is 0.0324. The summed E-state index contributed by atoms with van der Waals surface area (Å²) in [6, 6.07) is 6.22. The van der Waals surface area contributed by atoms with Gasteiger partial charge >= 0.3 is 0 Å². The van der Waals surface area contributed by atoms with Crippen LogP contribution in [-0.2, 0) is 17.6 Å². The third kappa shape index (κ3) is 4.75. The average Bonchev–Trinajstić information content (AvgIpc) is 3.27. The molecule has 190 valence electrons. The molecular weight excluding hydrogens is 488 g/mol. The first-order valence-electron chi connectivity index (χ1n) is 11.6. The van der Waals surface area contributed by atoms with Gasteiger partial charge in [0.25, 0.3) is 11.5 Å². The highest BCUT2D eigenvalue weighted by Gasteiger charge is 2.38. The van der Waals surface area contributed by atoms with Gasteiger partial charge in [0.05, 0.1) is 26.9 Å². The minimum atomic E-state index is -2.30. The molecule has 2 aromatic heterocycles. The van der Waals surface area contributed by atoms with E-state index < -0.39 is 43.0 Å². The summed E-state index contributed by atoms with van der Waals surface area (Å²) in [7, 11) is -0.831. The van der Waals surface area contributed by atoms with Crippen molar-refractivity contribution in [2.45, 2.75) is 44.9 Å². The van der Waals surface area contributed by atoms with Gasteiger partial charge in [0.2, 0.25) is 11.6 Å². The molecular formula is C25H27F2N3O5Si. The summed E-state index contributed by atoms with van der Waals surface area (Å²) >= 11 is 0. The number of rotatable bonds is 7. The van der Waals surface area contributed by atoms with Crippen LogP contribution in [0, 0.1) is 11.6 Å². The molecule has 8 nitrogen and oxygen atoms in total. The number of Topliss-reactive ketones (excluding diaryl/α,β-unsaturated/α-hetero) is 1. The van der Waals surface area contributed by atoms with Crippen LogP contribution >= 0.6 is 0 Å². The van der Waals surface area contributed by atoms with Gasteiger partial charge in [-0.1, -0.05) is 26.1 Å². The van der Waals surface area contributed by atoms with Crippen molar-refractivity contribution >= 4 is 25.0 Å². The van der Waals surface area contributed by atoms with Crippen LogP contribution in [0.3, 0.4) is 0 Å². The van der Waals surface area contributed by atoms with Crippen LogP contribution in [0.2, 0.25) is 19.1 Å². The monoisotopic (exact) mass is 515 g/mol. The van der Waals surface area contributed by atoms with Crippen LogP contribution in [0.4, 0.5) is 8.78 Å². The van der Waals surface area contributed by atoms with Gasteiger partial charge in [-0.15, -0.1) is 0 Å². The zero-order chi connectivity index (χ0) is 26.2. The number of pyridine rings is 1. The molecule has 11 heteroatoms. The van der Waals surface area contributed by atoms with Crippen LogP contribution in [-0.4, -0.2) is 48.5 Å². The number of H-pyrrole nitrogens is 1. The van der Waals surface area contributed by atoms with Crippen molar-refractivity contribution < 1.29 is 27.6 Å². The minimum absolute atomic E-state index is 0.111. The smallest absolute Gasteiger partial charge is 0.293 e. The summed E-state index contributed by atoms with van der Waals surface area (Å²) in [4.78, 5) is 44.0. The fourth-order valence-corrected chi connectivity index (χ4v) is 6.31. The van der Waals surface area contributed by atoms with Gasteiger partial charge in [0.15, 0.2) is 5.78 Å². The maximum Gasteiger partial charge on any atom is 0.293 e. The molecule has 1 aliphatic rings. The fourth-order valence-electron chi connectivity index (χ4n) is 4.52. The standard InChI is InChI=1S/C25H27F2N3O5Si/c1-5-36(3,4)24-16(26)10-14(11-17(24)27)12-19(31)23-15-6-7-22(34-2)28-18(15)8-9-30(23)25(33)20-13-21(32)29-35-20/h6-7,10-11,13,23H,5,8-9,12H2,1-4H3,(H,29,32)/t23-/m1/s1. The molecule has 0 radical (unpaired) electrons. The highest BCUT2D eigenvalue weighted by atomic mass is 28.3. The number of nitrogens with one attached hydrogen (secondary N) is 1. The second-order valence-electron chi connectivity index (χ2n) is 9.43. The summed E-state index contributed by atoms with van der Waals surface area (Å²) in [5.74, 6) is -2.30. The summed E-state index contributed by atoms with van der Waals surface area (Å²) in [5.41, 5.74) is 0.648. The van der Waals surface area contributed by atoms with E-state index in [1.165, 1.54) is 24.1 Å². The number of halogens is 2. The Morgan fingerprint density at radius 3 is 2.50 bits per heavy atom. The second kappa shape index (κ2) is 9.80. The Morgan fingerprint density at radius 2 is 1.92 bits per heavy atom. The number of ether oxygens (including phenoxy) is 1. The van der Waals surface area contributed by atoms with Gasteiger partial charge in [0.1, 0.15) is 17.7 Å². The van der Waals surface area contributed by atoms with Gasteiger partial charge in [-0.3, -0.25) is 14.4 Å². The lowest BCUT2D eigenvalue weighted by Crippen LogP contribution is -2.45. The molecule has 0 fully saturated rings. The molecule has 1 N–H and O–H groups in total. The number of aromatic nitrogens is 2. The maximum absolute atomic E-state index is 15.0. The molecule has 3 heterocycles. The van der Waals surface area contributed by atoms with Crippen molar-refractivity contribution in [1.82, 2.24) is 15.0 Å². The molecule has 0 unspecified atom stereocenters. The molecule has 1 atom stereocenters. The van der Waals surface area contributed by atoms with E-state index >= 15 is 0 Å². The zero-order valence-electron chi connectivity index (χ0n) is 20.5. The first-order valence-corrected chi connectivity index (χ1v) is 14.8. The number of methoxy groups -OCH3 is 1. The van der Waals surface area contributed by atoms with Crippen molar-refractivity contribution in [1.29, 1.82) is 0 Å². The van der Waals surface area contributed by atoms with E-state index in [4.69, 9.17) is 9.26 Å². The molecule has 1 aromatic carbocycles. The minimum Gasteiger partial charge on any atom is -0.481 e. The SMILES string of the molecule is CC[Si](C)(C)c1c(F)cc(CC(=O)[C@H]2c3ccc(OC)nc3CCN2C(=O)c2cc(=O)[nH]o2)cc1F. The van der Waals surface area contributed by atoms with E-state index in [1.807, 2.05) is 20.0 Å². The van der Waals surface area contributed by atoms with Crippen LogP contribution < -0.4 is 15.5 Å². The molecule has 0 saturated heterocycles. The maximum atomic E-state index is 15.0. The largest absolute Gasteiger partial charge is 0.481 e. The Labute approximate surface area is 207 Å². The summed E-state index contributed by atoms with van der Waals surface area (Å²) < 4.78 is 40.1. The molecule has 3 aromatic rings. The highest BCUT2D eigenvalue weighted by Crippen LogP contribution is 2.33.